The van der Waals surface area contributed by atoms with Crippen molar-refractivity contribution in [3.63, 3.8) is 0 Å². The SMILES string of the molecule is CCC1C(O)C2C3CCC(C(C)CCCO)C3(C)CCC2C2(C)CCCCC12. The van der Waals surface area contributed by atoms with Crippen LogP contribution < -0.4 is 0 Å². The first kappa shape index (κ1) is 21.2. The fourth-order valence-electron chi connectivity index (χ4n) is 9.63. The molecule has 4 rings (SSSR count). The summed E-state index contributed by atoms with van der Waals surface area (Å²) in [6.45, 7) is 10.3. The lowest BCUT2D eigenvalue weighted by Crippen LogP contribution is -2.61. The predicted molar refractivity (Wildman–Crippen MR) is 116 cm³/mol. The van der Waals surface area contributed by atoms with Crippen LogP contribution in [0.4, 0.5) is 0 Å². The summed E-state index contributed by atoms with van der Waals surface area (Å²) in [7, 11) is 0. The molecule has 0 aromatic rings. The Hall–Kier alpha value is -0.0800. The molecule has 0 spiro atoms. The molecule has 28 heavy (non-hydrogen) atoms. The second-order valence-corrected chi connectivity index (χ2v) is 11.8. The van der Waals surface area contributed by atoms with Crippen molar-refractivity contribution in [3.8, 4) is 0 Å². The zero-order chi connectivity index (χ0) is 20.1. The van der Waals surface area contributed by atoms with E-state index < -0.39 is 0 Å². The van der Waals surface area contributed by atoms with Crippen LogP contribution >= 0.6 is 0 Å². The first-order valence-corrected chi connectivity index (χ1v) is 12.7. The molecule has 0 bridgehead atoms. The molecule has 2 N–H and O–H groups in total. The Bertz CT molecular complexity index is 547. The molecule has 0 amide bonds. The molecule has 0 radical (unpaired) electrons. The zero-order valence-corrected chi connectivity index (χ0v) is 19.0. The van der Waals surface area contributed by atoms with Crippen molar-refractivity contribution >= 4 is 0 Å². The smallest absolute Gasteiger partial charge is 0.0605 e. The van der Waals surface area contributed by atoms with Gasteiger partial charge in [0, 0.05) is 6.61 Å². The highest BCUT2D eigenvalue weighted by Gasteiger charge is 2.64. The van der Waals surface area contributed by atoms with Gasteiger partial charge in [-0.3, -0.25) is 0 Å². The van der Waals surface area contributed by atoms with Crippen molar-refractivity contribution in [1.82, 2.24) is 0 Å². The van der Waals surface area contributed by atoms with E-state index in [1.54, 1.807) is 0 Å². The van der Waals surface area contributed by atoms with Crippen molar-refractivity contribution in [2.75, 3.05) is 6.61 Å². The highest BCUT2D eigenvalue weighted by Crippen LogP contribution is 2.69. The van der Waals surface area contributed by atoms with Crippen molar-refractivity contribution in [3.05, 3.63) is 0 Å². The van der Waals surface area contributed by atoms with E-state index >= 15 is 0 Å². The molecule has 0 aliphatic heterocycles. The van der Waals surface area contributed by atoms with Crippen molar-refractivity contribution in [1.29, 1.82) is 0 Å². The van der Waals surface area contributed by atoms with E-state index in [1.807, 2.05) is 0 Å². The van der Waals surface area contributed by atoms with Crippen LogP contribution in [0, 0.1) is 52.3 Å². The number of aliphatic hydroxyl groups excluding tert-OH is 2. The normalized spacial score (nSPS) is 51.9. The molecule has 10 atom stereocenters. The van der Waals surface area contributed by atoms with Gasteiger partial charge in [-0.25, -0.2) is 0 Å². The van der Waals surface area contributed by atoms with Gasteiger partial charge in [-0.05, 0) is 104 Å². The minimum Gasteiger partial charge on any atom is -0.396 e. The Morgan fingerprint density at radius 1 is 0.929 bits per heavy atom. The molecular formula is C26H46O2. The Kier molecular flexibility index (Phi) is 5.95. The highest BCUT2D eigenvalue weighted by atomic mass is 16.3. The van der Waals surface area contributed by atoms with Gasteiger partial charge in [-0.15, -0.1) is 0 Å². The molecule has 0 aromatic heterocycles. The Morgan fingerprint density at radius 2 is 1.68 bits per heavy atom. The predicted octanol–water partition coefficient (Wildman–Crippen LogP) is 6.05. The van der Waals surface area contributed by atoms with Gasteiger partial charge in [0.1, 0.15) is 0 Å². The molecule has 4 aliphatic rings. The molecule has 4 saturated carbocycles. The second-order valence-electron chi connectivity index (χ2n) is 11.8. The first-order chi connectivity index (χ1) is 13.4. The van der Waals surface area contributed by atoms with E-state index in [0.717, 1.165) is 42.9 Å². The molecule has 162 valence electrons. The largest absolute Gasteiger partial charge is 0.396 e. The molecule has 2 nitrogen and oxygen atoms in total. The average Bonchev–Trinajstić information content (AvgIpc) is 3.04. The minimum absolute atomic E-state index is 0.0673. The van der Waals surface area contributed by atoms with Gasteiger partial charge in [-0.2, -0.15) is 0 Å². The summed E-state index contributed by atoms with van der Waals surface area (Å²) in [5.41, 5.74) is 0.887. The zero-order valence-electron chi connectivity index (χ0n) is 19.0. The summed E-state index contributed by atoms with van der Waals surface area (Å²) in [5, 5.41) is 21.0. The van der Waals surface area contributed by atoms with E-state index in [9.17, 15) is 10.2 Å². The lowest BCUT2D eigenvalue weighted by molar-refractivity contribution is -0.194. The summed E-state index contributed by atoms with van der Waals surface area (Å²) < 4.78 is 0. The summed E-state index contributed by atoms with van der Waals surface area (Å²) in [4.78, 5) is 0. The number of fused-ring (bicyclic) bond motifs is 5. The van der Waals surface area contributed by atoms with Gasteiger partial charge in [0.25, 0.3) is 0 Å². The van der Waals surface area contributed by atoms with E-state index in [-0.39, 0.29) is 6.10 Å². The van der Waals surface area contributed by atoms with Gasteiger partial charge >= 0.3 is 0 Å². The minimum atomic E-state index is -0.0673. The first-order valence-electron chi connectivity index (χ1n) is 12.7. The Balaban J connectivity index is 1.63. The summed E-state index contributed by atoms with van der Waals surface area (Å²) in [6, 6.07) is 0. The van der Waals surface area contributed by atoms with Gasteiger partial charge < -0.3 is 10.2 Å². The molecular weight excluding hydrogens is 344 g/mol. The third kappa shape index (κ3) is 3.03. The van der Waals surface area contributed by atoms with Crippen molar-refractivity contribution in [2.24, 2.45) is 52.3 Å². The van der Waals surface area contributed by atoms with Crippen LogP contribution in [0.5, 0.6) is 0 Å². The number of rotatable bonds is 5. The molecule has 0 aromatic carbocycles. The Morgan fingerprint density at radius 3 is 2.39 bits per heavy atom. The quantitative estimate of drug-likeness (QED) is 0.600. The highest BCUT2D eigenvalue weighted by molar-refractivity contribution is 5.13. The van der Waals surface area contributed by atoms with Gasteiger partial charge in [0.2, 0.25) is 0 Å². The molecule has 0 saturated heterocycles. The Labute approximate surface area is 173 Å². The summed E-state index contributed by atoms with van der Waals surface area (Å²) >= 11 is 0. The fraction of sp³-hybridized carbons (Fsp3) is 1.00. The lowest BCUT2D eigenvalue weighted by atomic mass is 9.41. The van der Waals surface area contributed by atoms with Gasteiger partial charge in [0.15, 0.2) is 0 Å². The third-order valence-corrected chi connectivity index (χ3v) is 10.9. The molecule has 4 fully saturated rings. The molecule has 0 heterocycles. The maximum atomic E-state index is 11.7. The molecule has 4 aliphatic carbocycles. The van der Waals surface area contributed by atoms with Crippen LogP contribution in [-0.2, 0) is 0 Å². The van der Waals surface area contributed by atoms with Crippen LogP contribution in [0.2, 0.25) is 0 Å². The maximum Gasteiger partial charge on any atom is 0.0605 e. The van der Waals surface area contributed by atoms with Gasteiger partial charge in [0.05, 0.1) is 6.10 Å². The fourth-order valence-corrected chi connectivity index (χ4v) is 9.63. The number of hydrogen-bond acceptors (Lipinski definition) is 2. The average molecular weight is 391 g/mol. The van der Waals surface area contributed by atoms with Crippen molar-refractivity contribution < 1.29 is 10.2 Å². The number of hydrogen-bond donors (Lipinski definition) is 2. The van der Waals surface area contributed by atoms with Crippen LogP contribution in [0.15, 0.2) is 0 Å². The van der Waals surface area contributed by atoms with Crippen LogP contribution in [-0.4, -0.2) is 22.9 Å². The van der Waals surface area contributed by atoms with Crippen LogP contribution in [0.25, 0.3) is 0 Å². The second kappa shape index (κ2) is 7.88. The standard InChI is InChI=1S/C26H46O2/c1-5-18-20-10-6-7-14-25(20,3)22-13-15-26(4)19(17(2)9-8-16-27)11-12-21(26)23(22)24(18)28/h17-24,27-28H,5-16H2,1-4H3. The lowest BCUT2D eigenvalue weighted by Gasteiger charge is -2.64. The van der Waals surface area contributed by atoms with E-state index in [0.29, 0.717) is 35.2 Å². The summed E-state index contributed by atoms with van der Waals surface area (Å²) in [5.74, 6) is 4.79. The summed E-state index contributed by atoms with van der Waals surface area (Å²) in [6.07, 6.45) is 14.2. The van der Waals surface area contributed by atoms with E-state index in [4.69, 9.17) is 0 Å². The van der Waals surface area contributed by atoms with Crippen LogP contribution in [0.1, 0.15) is 98.3 Å². The van der Waals surface area contributed by atoms with E-state index in [2.05, 4.69) is 27.7 Å². The maximum absolute atomic E-state index is 11.7. The molecule has 2 heteroatoms. The third-order valence-electron chi connectivity index (χ3n) is 10.9. The van der Waals surface area contributed by atoms with Crippen molar-refractivity contribution in [2.45, 2.75) is 104 Å². The van der Waals surface area contributed by atoms with E-state index in [1.165, 1.54) is 51.4 Å². The van der Waals surface area contributed by atoms with Gasteiger partial charge in [-0.1, -0.05) is 47.0 Å². The molecule has 10 unspecified atom stereocenters. The topological polar surface area (TPSA) is 40.5 Å². The number of aliphatic hydroxyl groups is 2. The monoisotopic (exact) mass is 390 g/mol. The van der Waals surface area contributed by atoms with Crippen LogP contribution in [0.3, 0.4) is 0 Å².